The Labute approximate surface area is 123 Å². The van der Waals surface area contributed by atoms with Crippen molar-refractivity contribution >= 4 is 5.91 Å². The number of nitrogens with two attached hydrogens (primary N) is 1. The van der Waals surface area contributed by atoms with E-state index in [2.05, 4.69) is 31.0 Å². The van der Waals surface area contributed by atoms with E-state index in [0.717, 1.165) is 31.7 Å². The van der Waals surface area contributed by atoms with Crippen LogP contribution in [0.1, 0.15) is 59.3 Å². The molecule has 2 aliphatic rings. The van der Waals surface area contributed by atoms with Gasteiger partial charge < -0.3 is 16.0 Å². The quantitative estimate of drug-likeness (QED) is 0.749. The Balaban J connectivity index is 2.05. The molecule has 2 atom stereocenters. The summed E-state index contributed by atoms with van der Waals surface area (Å²) < 4.78 is 0. The van der Waals surface area contributed by atoms with Crippen LogP contribution in [0.4, 0.5) is 0 Å². The van der Waals surface area contributed by atoms with E-state index in [1.165, 1.54) is 25.8 Å². The molecule has 4 nitrogen and oxygen atoms in total. The zero-order chi connectivity index (χ0) is 14.8. The smallest absolute Gasteiger partial charge is 0.237 e. The second-order valence-corrected chi connectivity index (χ2v) is 7.03. The Bertz CT molecular complexity index is 341. The van der Waals surface area contributed by atoms with Crippen LogP contribution in [0.25, 0.3) is 0 Å². The van der Waals surface area contributed by atoms with Crippen molar-refractivity contribution in [3.05, 3.63) is 0 Å². The lowest BCUT2D eigenvalue weighted by molar-refractivity contribution is -0.127. The fraction of sp³-hybridized carbons (Fsp3) is 0.938. The fourth-order valence-electron chi connectivity index (χ4n) is 3.70. The van der Waals surface area contributed by atoms with Gasteiger partial charge in [-0.05, 0) is 64.8 Å². The molecule has 2 saturated carbocycles. The van der Waals surface area contributed by atoms with Crippen molar-refractivity contribution in [2.75, 3.05) is 13.1 Å². The molecule has 3 N–H and O–H groups in total. The molecule has 0 aromatic rings. The predicted molar refractivity (Wildman–Crippen MR) is 82.4 cm³/mol. The van der Waals surface area contributed by atoms with Crippen molar-refractivity contribution in [1.82, 2.24) is 10.2 Å². The topological polar surface area (TPSA) is 58.4 Å². The molecule has 4 heteroatoms. The zero-order valence-electron chi connectivity index (χ0n) is 13.3. The maximum atomic E-state index is 12.0. The number of carbonyl (C=O) groups is 1. The van der Waals surface area contributed by atoms with Crippen LogP contribution in [0.15, 0.2) is 0 Å². The van der Waals surface area contributed by atoms with Gasteiger partial charge in [-0.3, -0.25) is 4.79 Å². The van der Waals surface area contributed by atoms with Crippen molar-refractivity contribution in [2.45, 2.75) is 76.9 Å². The SMILES string of the molecule is CCN(CC1CC1)C1CCCC(NC(C)C)(C(N)=O)C1. The second-order valence-electron chi connectivity index (χ2n) is 7.03. The lowest BCUT2D eigenvalue weighted by atomic mass is 9.77. The predicted octanol–water partition coefficient (Wildman–Crippen LogP) is 1.88. The molecule has 0 heterocycles. The highest BCUT2D eigenvalue weighted by Gasteiger charge is 2.43. The van der Waals surface area contributed by atoms with E-state index < -0.39 is 5.54 Å². The molecule has 1 amide bonds. The van der Waals surface area contributed by atoms with Crippen LogP contribution < -0.4 is 11.1 Å². The summed E-state index contributed by atoms with van der Waals surface area (Å²) >= 11 is 0. The minimum atomic E-state index is -0.492. The normalized spacial score (nSPS) is 30.9. The minimum absolute atomic E-state index is 0.168. The highest BCUT2D eigenvalue weighted by Crippen LogP contribution is 2.35. The van der Waals surface area contributed by atoms with E-state index in [4.69, 9.17) is 5.73 Å². The third kappa shape index (κ3) is 3.73. The van der Waals surface area contributed by atoms with E-state index in [-0.39, 0.29) is 5.91 Å². The van der Waals surface area contributed by atoms with Crippen molar-refractivity contribution < 1.29 is 4.79 Å². The van der Waals surface area contributed by atoms with Crippen LogP contribution in [0.5, 0.6) is 0 Å². The van der Waals surface area contributed by atoms with Crippen molar-refractivity contribution in [3.8, 4) is 0 Å². The fourth-order valence-corrected chi connectivity index (χ4v) is 3.70. The van der Waals surface area contributed by atoms with Crippen LogP contribution in [0, 0.1) is 5.92 Å². The summed E-state index contributed by atoms with van der Waals surface area (Å²) in [5.74, 6) is 0.733. The van der Waals surface area contributed by atoms with E-state index >= 15 is 0 Å². The molecule has 0 spiro atoms. The number of hydrogen-bond donors (Lipinski definition) is 2. The molecule has 2 unspecified atom stereocenters. The molecule has 0 saturated heterocycles. The van der Waals surface area contributed by atoms with E-state index in [1.54, 1.807) is 0 Å². The Kier molecular flexibility index (Phi) is 5.08. The van der Waals surface area contributed by atoms with Gasteiger partial charge in [0.1, 0.15) is 0 Å². The number of primary amides is 1. The first kappa shape index (κ1) is 15.8. The minimum Gasteiger partial charge on any atom is -0.368 e. The van der Waals surface area contributed by atoms with Crippen LogP contribution in [0.2, 0.25) is 0 Å². The monoisotopic (exact) mass is 281 g/mol. The Morgan fingerprint density at radius 3 is 2.60 bits per heavy atom. The van der Waals surface area contributed by atoms with E-state index in [1.807, 2.05) is 0 Å². The lowest BCUT2D eigenvalue weighted by Gasteiger charge is -2.44. The number of hydrogen-bond acceptors (Lipinski definition) is 3. The highest BCUT2D eigenvalue weighted by molar-refractivity contribution is 5.85. The van der Waals surface area contributed by atoms with Gasteiger partial charge >= 0.3 is 0 Å². The summed E-state index contributed by atoms with van der Waals surface area (Å²) in [6.45, 7) is 8.71. The van der Waals surface area contributed by atoms with Crippen LogP contribution in [0.3, 0.4) is 0 Å². The summed E-state index contributed by atoms with van der Waals surface area (Å²) in [4.78, 5) is 14.6. The first-order valence-electron chi connectivity index (χ1n) is 8.28. The van der Waals surface area contributed by atoms with Gasteiger partial charge in [-0.25, -0.2) is 0 Å². The number of carbonyl (C=O) groups excluding carboxylic acids is 1. The van der Waals surface area contributed by atoms with Gasteiger partial charge in [0.05, 0.1) is 5.54 Å². The molecular weight excluding hydrogens is 250 g/mol. The van der Waals surface area contributed by atoms with Gasteiger partial charge in [-0.1, -0.05) is 6.92 Å². The molecule has 0 aromatic heterocycles. The molecular formula is C16H31N3O. The second kappa shape index (κ2) is 6.44. The third-order valence-corrected chi connectivity index (χ3v) is 4.87. The molecule has 2 fully saturated rings. The van der Waals surface area contributed by atoms with Gasteiger partial charge in [0.25, 0.3) is 0 Å². The number of nitrogens with one attached hydrogen (secondary N) is 1. The summed E-state index contributed by atoms with van der Waals surface area (Å²) in [5, 5.41) is 3.47. The Morgan fingerprint density at radius 2 is 2.10 bits per heavy atom. The molecule has 2 aliphatic carbocycles. The highest BCUT2D eigenvalue weighted by atomic mass is 16.1. The van der Waals surface area contributed by atoms with Gasteiger partial charge in [-0.2, -0.15) is 0 Å². The first-order valence-corrected chi connectivity index (χ1v) is 8.28. The van der Waals surface area contributed by atoms with Crippen molar-refractivity contribution in [1.29, 1.82) is 0 Å². The largest absolute Gasteiger partial charge is 0.368 e. The number of rotatable bonds is 7. The molecule has 2 rings (SSSR count). The zero-order valence-corrected chi connectivity index (χ0v) is 13.3. The average Bonchev–Trinajstić information content (AvgIpc) is 3.19. The molecule has 0 radical (unpaired) electrons. The van der Waals surface area contributed by atoms with E-state index in [0.29, 0.717) is 12.1 Å². The summed E-state index contributed by atoms with van der Waals surface area (Å²) in [7, 11) is 0. The average molecular weight is 281 g/mol. The summed E-state index contributed by atoms with van der Waals surface area (Å²) in [5.41, 5.74) is 5.26. The maximum absolute atomic E-state index is 12.0. The number of nitrogens with zero attached hydrogens (tertiary/aromatic N) is 1. The van der Waals surface area contributed by atoms with Gasteiger partial charge in [0.2, 0.25) is 5.91 Å². The first-order chi connectivity index (χ1) is 9.47. The standard InChI is InChI=1S/C16H31N3O/c1-4-19(11-13-7-8-13)14-6-5-9-16(10-14,15(17)20)18-12(2)3/h12-14,18H,4-11H2,1-3H3,(H2,17,20). The molecule has 0 aromatic carbocycles. The van der Waals surface area contributed by atoms with Crippen molar-refractivity contribution in [2.24, 2.45) is 11.7 Å². The van der Waals surface area contributed by atoms with Crippen LogP contribution >= 0.6 is 0 Å². The van der Waals surface area contributed by atoms with Gasteiger partial charge in [0, 0.05) is 18.6 Å². The van der Waals surface area contributed by atoms with Crippen molar-refractivity contribution in [3.63, 3.8) is 0 Å². The Hall–Kier alpha value is -0.610. The lowest BCUT2D eigenvalue weighted by Crippen LogP contribution is -2.62. The van der Waals surface area contributed by atoms with Gasteiger partial charge in [0.15, 0.2) is 0 Å². The number of amides is 1. The molecule has 116 valence electrons. The molecule has 0 aliphatic heterocycles. The van der Waals surface area contributed by atoms with E-state index in [9.17, 15) is 4.79 Å². The van der Waals surface area contributed by atoms with Crippen LogP contribution in [-0.2, 0) is 4.79 Å². The maximum Gasteiger partial charge on any atom is 0.237 e. The van der Waals surface area contributed by atoms with Gasteiger partial charge in [-0.15, -0.1) is 0 Å². The van der Waals surface area contributed by atoms with Crippen LogP contribution in [-0.4, -0.2) is 41.5 Å². The summed E-state index contributed by atoms with van der Waals surface area (Å²) in [6, 6.07) is 0.799. The summed E-state index contributed by atoms with van der Waals surface area (Å²) in [6.07, 6.45) is 6.83. The molecule has 0 bridgehead atoms. The molecule has 20 heavy (non-hydrogen) atoms. The Morgan fingerprint density at radius 1 is 1.40 bits per heavy atom. The third-order valence-electron chi connectivity index (χ3n) is 4.87.